The lowest BCUT2D eigenvalue weighted by atomic mass is 9.98. The average molecular weight is 222 g/mol. The zero-order valence-electron chi connectivity index (χ0n) is 9.99. The van der Waals surface area contributed by atoms with E-state index >= 15 is 0 Å². The summed E-state index contributed by atoms with van der Waals surface area (Å²) in [7, 11) is 0. The minimum absolute atomic E-state index is 0.277. The Morgan fingerprint density at radius 3 is 2.19 bits per heavy atom. The van der Waals surface area contributed by atoms with E-state index in [0.717, 1.165) is 11.1 Å². The van der Waals surface area contributed by atoms with Crippen LogP contribution < -0.4 is 0 Å². The van der Waals surface area contributed by atoms with E-state index in [2.05, 4.69) is 0 Å². The number of ether oxygens (including phenoxy) is 1. The van der Waals surface area contributed by atoms with Crippen LogP contribution in [0, 0.1) is 0 Å². The second-order valence-electron chi connectivity index (χ2n) is 4.59. The summed E-state index contributed by atoms with van der Waals surface area (Å²) in [6.07, 6.45) is 0.612. The van der Waals surface area contributed by atoms with Crippen molar-refractivity contribution in [3.8, 4) is 0 Å². The molecule has 0 aliphatic heterocycles. The van der Waals surface area contributed by atoms with Crippen LogP contribution in [0.5, 0.6) is 0 Å². The topological polar surface area (TPSA) is 46.5 Å². The van der Waals surface area contributed by atoms with Crippen LogP contribution in [0.2, 0.25) is 0 Å². The summed E-state index contributed by atoms with van der Waals surface area (Å²) in [6.45, 7) is 5.25. The van der Waals surface area contributed by atoms with E-state index in [9.17, 15) is 9.90 Å². The van der Waals surface area contributed by atoms with E-state index in [1.807, 2.05) is 24.3 Å². The predicted octanol–water partition coefficient (Wildman–Crippen LogP) is 2.06. The van der Waals surface area contributed by atoms with Gasteiger partial charge in [0.25, 0.3) is 0 Å². The molecule has 1 aromatic rings. The maximum Gasteiger partial charge on any atom is 0.302 e. The fraction of sp³-hybridized carbons (Fsp3) is 0.462. The minimum Gasteiger partial charge on any atom is -0.461 e. The molecule has 1 rings (SSSR count). The second kappa shape index (κ2) is 5.12. The summed E-state index contributed by atoms with van der Waals surface area (Å²) in [5.41, 5.74) is 1.32. The van der Waals surface area contributed by atoms with Crippen molar-refractivity contribution in [1.29, 1.82) is 0 Å². The van der Waals surface area contributed by atoms with Crippen molar-refractivity contribution in [1.82, 2.24) is 0 Å². The lowest BCUT2D eigenvalue weighted by Crippen LogP contribution is -2.21. The Labute approximate surface area is 96.1 Å². The molecule has 0 spiro atoms. The van der Waals surface area contributed by atoms with Crippen LogP contribution in [0.1, 0.15) is 31.9 Å². The SMILES string of the molecule is CC(=O)OCc1ccc(CC(C)(C)O)cc1. The number of carbonyl (C=O) groups is 1. The largest absolute Gasteiger partial charge is 0.461 e. The van der Waals surface area contributed by atoms with Crippen LogP contribution in [0.3, 0.4) is 0 Å². The molecule has 0 aromatic heterocycles. The average Bonchev–Trinajstić information content (AvgIpc) is 2.14. The number of aliphatic hydroxyl groups is 1. The second-order valence-corrected chi connectivity index (χ2v) is 4.59. The highest BCUT2D eigenvalue weighted by Gasteiger charge is 2.12. The molecule has 0 radical (unpaired) electrons. The van der Waals surface area contributed by atoms with E-state index in [1.165, 1.54) is 6.92 Å². The van der Waals surface area contributed by atoms with Gasteiger partial charge in [0.2, 0.25) is 0 Å². The summed E-state index contributed by atoms with van der Waals surface area (Å²) in [6, 6.07) is 7.70. The Bertz CT molecular complexity index is 346. The van der Waals surface area contributed by atoms with Gasteiger partial charge in [0.1, 0.15) is 6.61 Å². The first-order valence-corrected chi connectivity index (χ1v) is 5.30. The number of rotatable bonds is 4. The molecule has 0 bridgehead atoms. The van der Waals surface area contributed by atoms with Crippen LogP contribution in [-0.4, -0.2) is 16.7 Å². The van der Waals surface area contributed by atoms with Crippen LogP contribution in [-0.2, 0) is 22.6 Å². The van der Waals surface area contributed by atoms with Gasteiger partial charge in [0, 0.05) is 13.3 Å². The predicted molar refractivity (Wildman–Crippen MR) is 61.9 cm³/mol. The molecule has 0 saturated heterocycles. The number of carbonyl (C=O) groups excluding carboxylic acids is 1. The number of esters is 1. The van der Waals surface area contributed by atoms with E-state index < -0.39 is 5.60 Å². The highest BCUT2D eigenvalue weighted by atomic mass is 16.5. The Kier molecular flexibility index (Phi) is 4.07. The summed E-state index contributed by atoms with van der Waals surface area (Å²) < 4.78 is 4.88. The lowest BCUT2D eigenvalue weighted by Gasteiger charge is -2.17. The molecule has 0 aliphatic carbocycles. The van der Waals surface area contributed by atoms with Crippen molar-refractivity contribution in [3.05, 3.63) is 35.4 Å². The third-order valence-electron chi connectivity index (χ3n) is 2.10. The van der Waals surface area contributed by atoms with Gasteiger partial charge in [-0.1, -0.05) is 24.3 Å². The smallest absolute Gasteiger partial charge is 0.302 e. The van der Waals surface area contributed by atoms with Crippen LogP contribution in [0.25, 0.3) is 0 Å². The van der Waals surface area contributed by atoms with Gasteiger partial charge in [-0.2, -0.15) is 0 Å². The molecule has 1 N–H and O–H groups in total. The van der Waals surface area contributed by atoms with Crippen molar-refractivity contribution in [2.45, 2.75) is 39.4 Å². The van der Waals surface area contributed by atoms with Gasteiger partial charge in [-0.05, 0) is 25.0 Å². The van der Waals surface area contributed by atoms with Gasteiger partial charge in [0.15, 0.2) is 0 Å². The Morgan fingerprint density at radius 2 is 1.75 bits per heavy atom. The number of benzene rings is 1. The van der Waals surface area contributed by atoms with E-state index in [-0.39, 0.29) is 5.97 Å². The van der Waals surface area contributed by atoms with Crippen molar-refractivity contribution < 1.29 is 14.6 Å². The molecule has 0 atom stereocenters. The molecule has 3 heteroatoms. The minimum atomic E-state index is -0.697. The fourth-order valence-electron chi connectivity index (χ4n) is 1.44. The van der Waals surface area contributed by atoms with Gasteiger partial charge in [-0.25, -0.2) is 0 Å². The molecule has 0 unspecified atom stereocenters. The van der Waals surface area contributed by atoms with Crippen molar-refractivity contribution in [2.75, 3.05) is 0 Å². The quantitative estimate of drug-likeness (QED) is 0.793. The van der Waals surface area contributed by atoms with Gasteiger partial charge >= 0.3 is 5.97 Å². The van der Waals surface area contributed by atoms with Gasteiger partial charge < -0.3 is 9.84 Å². The maximum atomic E-state index is 10.6. The van der Waals surface area contributed by atoms with Crippen molar-refractivity contribution in [2.24, 2.45) is 0 Å². The first-order chi connectivity index (χ1) is 7.37. The van der Waals surface area contributed by atoms with Crippen LogP contribution in [0.15, 0.2) is 24.3 Å². The highest BCUT2D eigenvalue weighted by Crippen LogP contribution is 2.13. The highest BCUT2D eigenvalue weighted by molar-refractivity contribution is 5.65. The van der Waals surface area contributed by atoms with Crippen LogP contribution in [0.4, 0.5) is 0 Å². The summed E-state index contributed by atoms with van der Waals surface area (Å²) in [4.78, 5) is 10.6. The van der Waals surface area contributed by atoms with Crippen molar-refractivity contribution >= 4 is 5.97 Å². The molecule has 88 valence electrons. The first-order valence-electron chi connectivity index (χ1n) is 5.30. The van der Waals surface area contributed by atoms with E-state index in [4.69, 9.17) is 4.74 Å². The maximum absolute atomic E-state index is 10.6. The zero-order valence-corrected chi connectivity index (χ0v) is 9.99. The molecule has 0 heterocycles. The molecular formula is C13H18O3. The molecule has 0 aliphatic rings. The first kappa shape index (κ1) is 12.7. The molecule has 0 saturated carbocycles. The van der Waals surface area contributed by atoms with Gasteiger partial charge in [-0.3, -0.25) is 4.79 Å². The van der Waals surface area contributed by atoms with E-state index in [1.54, 1.807) is 13.8 Å². The molecule has 1 aromatic carbocycles. The zero-order chi connectivity index (χ0) is 12.2. The van der Waals surface area contributed by atoms with Gasteiger partial charge in [-0.15, -0.1) is 0 Å². The lowest BCUT2D eigenvalue weighted by molar-refractivity contribution is -0.142. The number of hydrogen-bond acceptors (Lipinski definition) is 3. The normalized spacial score (nSPS) is 11.2. The Morgan fingerprint density at radius 1 is 1.25 bits per heavy atom. The third-order valence-corrected chi connectivity index (χ3v) is 2.10. The number of hydrogen-bond donors (Lipinski definition) is 1. The molecular weight excluding hydrogens is 204 g/mol. The van der Waals surface area contributed by atoms with Gasteiger partial charge in [0.05, 0.1) is 5.60 Å². The Balaban J connectivity index is 2.57. The van der Waals surface area contributed by atoms with Crippen molar-refractivity contribution in [3.63, 3.8) is 0 Å². The van der Waals surface area contributed by atoms with Crippen LogP contribution >= 0.6 is 0 Å². The summed E-state index contributed by atoms with van der Waals surface area (Å²) in [5.74, 6) is -0.277. The standard InChI is InChI=1S/C13H18O3/c1-10(14)16-9-12-6-4-11(5-7-12)8-13(2,3)15/h4-7,15H,8-9H2,1-3H3. The molecule has 0 amide bonds. The third kappa shape index (κ3) is 4.94. The monoisotopic (exact) mass is 222 g/mol. The summed E-state index contributed by atoms with van der Waals surface area (Å²) >= 11 is 0. The fourth-order valence-corrected chi connectivity index (χ4v) is 1.44. The summed E-state index contributed by atoms with van der Waals surface area (Å²) in [5, 5.41) is 9.65. The molecule has 0 fully saturated rings. The molecule has 16 heavy (non-hydrogen) atoms. The molecule has 3 nitrogen and oxygen atoms in total. The Hall–Kier alpha value is -1.35. The van der Waals surface area contributed by atoms with E-state index in [0.29, 0.717) is 13.0 Å².